The summed E-state index contributed by atoms with van der Waals surface area (Å²) in [5.74, 6) is -1.24. The SMILES string of the molecule is CC1C(CN2CCCC2CO)OC(c2cccc(-c3cccc(CNC(=O)CCC(=O)O)c3)c2)OC1c1ccc(CO)cc1. The Morgan fingerprint density at radius 3 is 2.39 bits per heavy atom. The summed E-state index contributed by atoms with van der Waals surface area (Å²) < 4.78 is 13.4. The van der Waals surface area contributed by atoms with E-state index in [2.05, 4.69) is 23.2 Å². The van der Waals surface area contributed by atoms with Crippen LogP contribution in [-0.2, 0) is 32.2 Å². The lowest BCUT2D eigenvalue weighted by atomic mass is 9.89. The van der Waals surface area contributed by atoms with Gasteiger partial charge in [-0.3, -0.25) is 14.5 Å². The molecule has 2 aliphatic heterocycles. The minimum atomic E-state index is -0.995. The Bertz CT molecular complexity index is 1410. The maximum absolute atomic E-state index is 12.0. The number of nitrogens with one attached hydrogen (secondary N) is 1. The van der Waals surface area contributed by atoms with Crippen molar-refractivity contribution in [2.24, 2.45) is 5.92 Å². The Hall–Kier alpha value is -3.60. The summed E-state index contributed by atoms with van der Waals surface area (Å²) in [6.45, 7) is 4.22. The standard InChI is InChI=1S/C35H42N2O7/c1-23-31(20-37-16-4-9-30(37)22-39)43-35(44-34(23)26-12-10-24(21-38)11-13-26)29-8-3-7-28(18-29)27-6-2-5-25(17-27)19-36-32(40)14-15-33(41)42/h2-3,5-8,10-13,17-18,23,30-31,34-35,38-39H,4,9,14-16,19-22H2,1H3,(H,36,40)(H,41,42). The highest BCUT2D eigenvalue weighted by Gasteiger charge is 2.40. The number of ether oxygens (including phenoxy) is 2. The van der Waals surface area contributed by atoms with Gasteiger partial charge in [0, 0.05) is 37.0 Å². The van der Waals surface area contributed by atoms with Gasteiger partial charge in [-0.25, -0.2) is 0 Å². The number of carboxylic acids is 1. The fourth-order valence-corrected chi connectivity index (χ4v) is 6.14. The average molecular weight is 603 g/mol. The molecule has 0 radical (unpaired) electrons. The Labute approximate surface area is 258 Å². The molecule has 3 aromatic rings. The zero-order valence-corrected chi connectivity index (χ0v) is 25.1. The van der Waals surface area contributed by atoms with E-state index in [-0.39, 0.29) is 56.1 Å². The van der Waals surface area contributed by atoms with E-state index < -0.39 is 12.3 Å². The van der Waals surface area contributed by atoms with Gasteiger partial charge < -0.3 is 30.1 Å². The van der Waals surface area contributed by atoms with Crippen LogP contribution >= 0.6 is 0 Å². The third-order valence-electron chi connectivity index (χ3n) is 8.72. The molecule has 5 rings (SSSR count). The van der Waals surface area contributed by atoms with Gasteiger partial charge in [-0.15, -0.1) is 0 Å². The first-order chi connectivity index (χ1) is 21.3. The minimum Gasteiger partial charge on any atom is -0.481 e. The fraction of sp³-hybridized carbons (Fsp3) is 0.429. The number of hydrogen-bond donors (Lipinski definition) is 4. The van der Waals surface area contributed by atoms with Crippen LogP contribution in [0.1, 0.15) is 67.3 Å². The molecule has 4 N–H and O–H groups in total. The van der Waals surface area contributed by atoms with Gasteiger partial charge in [0.05, 0.1) is 31.8 Å². The summed E-state index contributed by atoms with van der Waals surface area (Å²) in [4.78, 5) is 25.1. The van der Waals surface area contributed by atoms with Gasteiger partial charge in [0.25, 0.3) is 0 Å². The van der Waals surface area contributed by atoms with E-state index in [9.17, 15) is 19.8 Å². The lowest BCUT2D eigenvalue weighted by Gasteiger charge is -2.43. The van der Waals surface area contributed by atoms with Crippen LogP contribution in [0.2, 0.25) is 0 Å². The fourth-order valence-electron chi connectivity index (χ4n) is 6.14. The second kappa shape index (κ2) is 14.9. The molecule has 5 atom stereocenters. The molecule has 234 valence electrons. The second-order valence-corrected chi connectivity index (χ2v) is 11.8. The van der Waals surface area contributed by atoms with E-state index in [0.29, 0.717) is 13.1 Å². The number of nitrogens with zero attached hydrogens (tertiary/aromatic N) is 1. The predicted molar refractivity (Wildman–Crippen MR) is 165 cm³/mol. The van der Waals surface area contributed by atoms with Crippen LogP contribution in [-0.4, -0.2) is 63.9 Å². The monoisotopic (exact) mass is 602 g/mol. The molecule has 0 bridgehead atoms. The number of carbonyl (C=O) groups excluding carboxylic acids is 1. The molecule has 2 aliphatic rings. The number of rotatable bonds is 12. The van der Waals surface area contributed by atoms with E-state index in [1.807, 2.05) is 66.7 Å². The molecule has 0 aliphatic carbocycles. The third kappa shape index (κ3) is 7.91. The average Bonchev–Trinajstić information content (AvgIpc) is 3.51. The van der Waals surface area contributed by atoms with Crippen LogP contribution in [0.15, 0.2) is 72.8 Å². The largest absolute Gasteiger partial charge is 0.481 e. The lowest BCUT2D eigenvalue weighted by Crippen LogP contribution is -2.46. The molecule has 2 fully saturated rings. The third-order valence-corrected chi connectivity index (χ3v) is 8.72. The molecular formula is C35H42N2O7. The van der Waals surface area contributed by atoms with E-state index in [1.54, 1.807) is 0 Å². The second-order valence-electron chi connectivity index (χ2n) is 11.8. The summed E-state index contributed by atoms with van der Waals surface area (Å²) in [5.41, 5.74) is 5.63. The summed E-state index contributed by atoms with van der Waals surface area (Å²) in [6.07, 6.45) is 0.841. The summed E-state index contributed by atoms with van der Waals surface area (Å²) in [5, 5.41) is 31.1. The maximum Gasteiger partial charge on any atom is 0.303 e. The number of carboxylic acid groups (broad SMARTS) is 1. The van der Waals surface area contributed by atoms with Crippen LogP contribution in [0.4, 0.5) is 0 Å². The highest BCUT2D eigenvalue weighted by molar-refractivity contribution is 5.80. The number of amides is 1. The Kier molecular flexibility index (Phi) is 10.8. The van der Waals surface area contributed by atoms with Gasteiger partial charge in [0.1, 0.15) is 0 Å². The predicted octanol–water partition coefficient (Wildman–Crippen LogP) is 4.58. The lowest BCUT2D eigenvalue weighted by molar-refractivity contribution is -0.276. The van der Waals surface area contributed by atoms with Gasteiger partial charge in [0.15, 0.2) is 6.29 Å². The quantitative estimate of drug-likeness (QED) is 0.237. The molecule has 0 saturated carbocycles. The number of likely N-dealkylation sites (tertiary alicyclic amines) is 1. The molecule has 3 aromatic carbocycles. The van der Waals surface area contributed by atoms with Crippen molar-refractivity contribution in [3.8, 4) is 11.1 Å². The zero-order chi connectivity index (χ0) is 31.1. The van der Waals surface area contributed by atoms with Crippen LogP contribution in [0, 0.1) is 5.92 Å². The zero-order valence-electron chi connectivity index (χ0n) is 25.1. The van der Waals surface area contributed by atoms with Crippen molar-refractivity contribution >= 4 is 11.9 Å². The van der Waals surface area contributed by atoms with Crippen LogP contribution < -0.4 is 5.32 Å². The molecule has 2 heterocycles. The number of benzene rings is 3. The van der Waals surface area contributed by atoms with E-state index in [1.165, 1.54) is 0 Å². The van der Waals surface area contributed by atoms with Gasteiger partial charge >= 0.3 is 5.97 Å². The van der Waals surface area contributed by atoms with E-state index in [4.69, 9.17) is 14.6 Å². The van der Waals surface area contributed by atoms with Crippen molar-refractivity contribution in [2.75, 3.05) is 19.7 Å². The number of carbonyl (C=O) groups is 2. The molecule has 0 aromatic heterocycles. The van der Waals surface area contributed by atoms with Crippen molar-refractivity contribution in [2.45, 2.75) is 70.3 Å². The Balaban J connectivity index is 1.36. The molecule has 9 nitrogen and oxygen atoms in total. The molecule has 2 saturated heterocycles. The van der Waals surface area contributed by atoms with Gasteiger partial charge in [-0.2, -0.15) is 0 Å². The van der Waals surface area contributed by atoms with Crippen molar-refractivity contribution < 1.29 is 34.4 Å². The topological polar surface area (TPSA) is 129 Å². The maximum atomic E-state index is 12.0. The first-order valence-corrected chi connectivity index (χ1v) is 15.4. The summed E-state index contributed by atoms with van der Waals surface area (Å²) in [6, 6.07) is 24.0. The number of aliphatic carboxylic acids is 1. The molecule has 0 spiro atoms. The van der Waals surface area contributed by atoms with Crippen LogP contribution in [0.25, 0.3) is 11.1 Å². The van der Waals surface area contributed by atoms with Gasteiger partial charge in [-0.05, 0) is 59.3 Å². The highest BCUT2D eigenvalue weighted by atomic mass is 16.7. The minimum absolute atomic E-state index is 0.0156. The van der Waals surface area contributed by atoms with Crippen molar-refractivity contribution in [1.29, 1.82) is 0 Å². The van der Waals surface area contributed by atoms with Crippen molar-refractivity contribution in [3.05, 3.63) is 95.1 Å². The van der Waals surface area contributed by atoms with E-state index >= 15 is 0 Å². The molecule has 5 unspecified atom stereocenters. The highest BCUT2D eigenvalue weighted by Crippen LogP contribution is 2.43. The first kappa shape index (κ1) is 31.8. The number of aliphatic hydroxyl groups is 2. The summed E-state index contributed by atoms with van der Waals surface area (Å²) in [7, 11) is 0. The van der Waals surface area contributed by atoms with Crippen LogP contribution in [0.5, 0.6) is 0 Å². The van der Waals surface area contributed by atoms with Crippen molar-refractivity contribution in [3.63, 3.8) is 0 Å². The smallest absolute Gasteiger partial charge is 0.303 e. The summed E-state index contributed by atoms with van der Waals surface area (Å²) >= 11 is 0. The number of hydrogen-bond acceptors (Lipinski definition) is 7. The Morgan fingerprint density at radius 1 is 0.909 bits per heavy atom. The molecule has 44 heavy (non-hydrogen) atoms. The molecule has 1 amide bonds. The van der Waals surface area contributed by atoms with Crippen LogP contribution in [0.3, 0.4) is 0 Å². The normalized spacial score (nSPS) is 23.8. The first-order valence-electron chi connectivity index (χ1n) is 15.4. The van der Waals surface area contributed by atoms with E-state index in [0.717, 1.165) is 52.8 Å². The molecule has 9 heteroatoms. The van der Waals surface area contributed by atoms with Crippen molar-refractivity contribution in [1.82, 2.24) is 10.2 Å². The molecular weight excluding hydrogens is 560 g/mol. The van der Waals surface area contributed by atoms with Gasteiger partial charge in [0.2, 0.25) is 5.91 Å². The Morgan fingerprint density at radius 2 is 1.66 bits per heavy atom. The number of aliphatic hydroxyl groups excluding tert-OH is 2. The van der Waals surface area contributed by atoms with Gasteiger partial charge in [-0.1, -0.05) is 67.6 Å².